The molecule has 3 heterocycles. The second-order valence-electron chi connectivity index (χ2n) is 6.68. The number of H-pyrrole nitrogens is 1. The molecule has 0 fully saturated rings. The third kappa shape index (κ3) is 2.64. The molecule has 0 spiro atoms. The van der Waals surface area contributed by atoms with Gasteiger partial charge in [0, 0.05) is 25.0 Å². The maximum Gasteiger partial charge on any atom is 0.263 e. The lowest BCUT2D eigenvalue weighted by Gasteiger charge is -2.13. The summed E-state index contributed by atoms with van der Waals surface area (Å²) in [6.07, 6.45) is 2.60. The molecule has 5 rings (SSSR count). The minimum Gasteiger partial charge on any atom is -0.374 e. The first-order chi connectivity index (χ1) is 13.2. The van der Waals surface area contributed by atoms with E-state index in [0.29, 0.717) is 17.0 Å². The van der Waals surface area contributed by atoms with Crippen LogP contribution >= 0.6 is 0 Å². The first-order valence-electron chi connectivity index (χ1n) is 8.83. The van der Waals surface area contributed by atoms with E-state index in [0.717, 1.165) is 24.3 Å². The lowest BCUT2D eigenvalue weighted by molar-refractivity contribution is 0.895. The van der Waals surface area contributed by atoms with Crippen molar-refractivity contribution in [3.63, 3.8) is 0 Å². The van der Waals surface area contributed by atoms with Crippen LogP contribution in [0.5, 0.6) is 0 Å². The minimum absolute atomic E-state index is 0.219. The molecule has 0 atom stereocenters. The van der Waals surface area contributed by atoms with E-state index in [4.69, 9.17) is 0 Å². The van der Waals surface area contributed by atoms with Gasteiger partial charge in [-0.15, -0.1) is 0 Å². The Morgan fingerprint density at radius 1 is 1.15 bits per heavy atom. The van der Waals surface area contributed by atoms with Gasteiger partial charge in [0.05, 0.1) is 11.9 Å². The Hall–Kier alpha value is -3.61. The highest BCUT2D eigenvalue weighted by atomic mass is 16.1. The number of hydrogen-bond acceptors (Lipinski definition) is 5. The monoisotopic (exact) mass is 358 g/mol. The third-order valence-corrected chi connectivity index (χ3v) is 4.91. The summed E-state index contributed by atoms with van der Waals surface area (Å²) in [5.41, 5.74) is 4.58. The largest absolute Gasteiger partial charge is 0.374 e. The second kappa shape index (κ2) is 5.98. The molecule has 7 heteroatoms. The van der Waals surface area contributed by atoms with Crippen molar-refractivity contribution in [2.24, 2.45) is 0 Å². The second-order valence-corrected chi connectivity index (χ2v) is 6.68. The van der Waals surface area contributed by atoms with Crippen molar-refractivity contribution >= 4 is 28.4 Å². The molecule has 0 amide bonds. The predicted molar refractivity (Wildman–Crippen MR) is 106 cm³/mol. The molecule has 0 aliphatic carbocycles. The van der Waals surface area contributed by atoms with E-state index in [1.807, 2.05) is 36.4 Å². The van der Waals surface area contributed by atoms with Crippen LogP contribution in [0.4, 0.5) is 17.3 Å². The van der Waals surface area contributed by atoms with Crippen molar-refractivity contribution in [3.05, 3.63) is 70.6 Å². The van der Waals surface area contributed by atoms with Crippen molar-refractivity contribution < 1.29 is 0 Å². The Morgan fingerprint density at radius 2 is 2.00 bits per heavy atom. The van der Waals surface area contributed by atoms with Crippen LogP contribution in [-0.4, -0.2) is 33.3 Å². The van der Waals surface area contributed by atoms with Crippen molar-refractivity contribution in [2.75, 3.05) is 23.8 Å². The molecule has 0 radical (unpaired) electrons. The van der Waals surface area contributed by atoms with Gasteiger partial charge in [-0.05, 0) is 36.2 Å². The number of hydrogen-bond donors (Lipinski definition) is 2. The smallest absolute Gasteiger partial charge is 0.263 e. The lowest BCUT2D eigenvalue weighted by Crippen LogP contribution is -2.13. The van der Waals surface area contributed by atoms with Gasteiger partial charge in [0.25, 0.3) is 5.56 Å². The molecular weight excluding hydrogens is 340 g/mol. The summed E-state index contributed by atoms with van der Waals surface area (Å²) in [5.74, 6) is 0.394. The first-order valence-corrected chi connectivity index (χ1v) is 8.83. The number of benzene rings is 2. The first kappa shape index (κ1) is 15.6. The van der Waals surface area contributed by atoms with E-state index in [9.17, 15) is 4.79 Å². The van der Waals surface area contributed by atoms with Gasteiger partial charge in [0.2, 0.25) is 5.95 Å². The number of nitrogens with zero attached hydrogens (tertiary/aromatic N) is 4. The zero-order chi connectivity index (χ0) is 18.4. The molecule has 27 heavy (non-hydrogen) atoms. The topological polar surface area (TPSA) is 78.8 Å². The van der Waals surface area contributed by atoms with Crippen molar-refractivity contribution in [2.45, 2.75) is 6.42 Å². The SMILES string of the molecule is CN1CCc2ccc(Nc3nc4c(cnn4-c4ccccc4)c(=O)[nH]3)cc21. The van der Waals surface area contributed by atoms with Crippen LogP contribution in [0.1, 0.15) is 5.56 Å². The molecule has 1 aliphatic heterocycles. The summed E-state index contributed by atoms with van der Waals surface area (Å²) in [4.78, 5) is 22.1. The zero-order valence-corrected chi connectivity index (χ0v) is 14.8. The van der Waals surface area contributed by atoms with Crippen molar-refractivity contribution in [1.82, 2.24) is 19.7 Å². The van der Waals surface area contributed by atoms with E-state index < -0.39 is 0 Å². The lowest BCUT2D eigenvalue weighted by atomic mass is 10.1. The molecule has 0 saturated carbocycles. The maximum absolute atomic E-state index is 12.5. The zero-order valence-electron chi connectivity index (χ0n) is 14.8. The van der Waals surface area contributed by atoms with Gasteiger partial charge in [-0.3, -0.25) is 9.78 Å². The number of likely N-dealkylation sites (N-methyl/N-ethyl adjacent to an activating group) is 1. The van der Waals surface area contributed by atoms with Gasteiger partial charge in [-0.1, -0.05) is 24.3 Å². The number of fused-ring (bicyclic) bond motifs is 2. The Labute approximate surface area is 155 Å². The van der Waals surface area contributed by atoms with E-state index in [1.165, 1.54) is 11.3 Å². The van der Waals surface area contributed by atoms with Gasteiger partial charge in [0.15, 0.2) is 5.65 Å². The molecule has 1 aliphatic rings. The van der Waals surface area contributed by atoms with Crippen molar-refractivity contribution in [1.29, 1.82) is 0 Å². The van der Waals surface area contributed by atoms with Crippen LogP contribution in [0.2, 0.25) is 0 Å². The quantitative estimate of drug-likeness (QED) is 0.589. The average molecular weight is 358 g/mol. The molecule has 134 valence electrons. The van der Waals surface area contributed by atoms with E-state index in [-0.39, 0.29) is 5.56 Å². The summed E-state index contributed by atoms with van der Waals surface area (Å²) in [6, 6.07) is 15.9. The Bertz CT molecular complexity index is 1190. The van der Waals surface area contributed by atoms with Crippen LogP contribution in [0.3, 0.4) is 0 Å². The Morgan fingerprint density at radius 3 is 2.85 bits per heavy atom. The molecule has 2 aromatic carbocycles. The summed E-state index contributed by atoms with van der Waals surface area (Å²) < 4.78 is 1.67. The van der Waals surface area contributed by atoms with Gasteiger partial charge in [0.1, 0.15) is 5.39 Å². The molecular formula is C20H18N6O. The molecule has 0 saturated heterocycles. The van der Waals surface area contributed by atoms with Gasteiger partial charge < -0.3 is 10.2 Å². The van der Waals surface area contributed by atoms with Gasteiger partial charge in [-0.2, -0.15) is 10.1 Å². The highest BCUT2D eigenvalue weighted by Gasteiger charge is 2.16. The number of rotatable bonds is 3. The van der Waals surface area contributed by atoms with Crippen LogP contribution in [0.15, 0.2) is 59.5 Å². The van der Waals surface area contributed by atoms with E-state index in [1.54, 1.807) is 10.9 Å². The molecule has 2 aromatic heterocycles. The minimum atomic E-state index is -0.219. The maximum atomic E-state index is 12.5. The van der Waals surface area contributed by atoms with Gasteiger partial charge >= 0.3 is 0 Å². The summed E-state index contributed by atoms with van der Waals surface area (Å²) in [7, 11) is 2.08. The highest BCUT2D eigenvalue weighted by Crippen LogP contribution is 2.30. The van der Waals surface area contributed by atoms with Crippen LogP contribution in [0, 0.1) is 0 Å². The van der Waals surface area contributed by atoms with Crippen LogP contribution in [0.25, 0.3) is 16.7 Å². The Balaban J connectivity index is 1.57. The third-order valence-electron chi connectivity index (χ3n) is 4.91. The highest BCUT2D eigenvalue weighted by molar-refractivity contribution is 5.77. The molecule has 0 bridgehead atoms. The molecule has 0 unspecified atom stereocenters. The molecule has 7 nitrogen and oxygen atoms in total. The number of nitrogens with one attached hydrogen (secondary N) is 2. The summed E-state index contributed by atoms with van der Waals surface area (Å²) >= 11 is 0. The fourth-order valence-corrected chi connectivity index (χ4v) is 3.49. The average Bonchev–Trinajstić information content (AvgIpc) is 3.27. The number of para-hydroxylation sites is 1. The fraction of sp³-hybridized carbons (Fsp3) is 0.150. The van der Waals surface area contributed by atoms with E-state index in [2.05, 4.69) is 44.5 Å². The Kier molecular flexibility index (Phi) is 3.46. The summed E-state index contributed by atoms with van der Waals surface area (Å²) in [6.45, 7) is 1.02. The summed E-state index contributed by atoms with van der Waals surface area (Å²) in [5, 5.41) is 8.01. The van der Waals surface area contributed by atoms with E-state index >= 15 is 0 Å². The normalized spacial score (nSPS) is 13.1. The number of aromatic amines is 1. The predicted octanol–water partition coefficient (Wildman–Crippen LogP) is 2.84. The number of anilines is 3. The molecule has 2 N–H and O–H groups in total. The standard InChI is InChI=1S/C20H18N6O/c1-25-10-9-13-7-8-14(11-17(13)25)22-20-23-18-16(19(27)24-20)12-21-26(18)15-5-3-2-4-6-15/h2-8,11-12H,9-10H2,1H3,(H2,22,23,24,27). The van der Waals surface area contributed by atoms with Gasteiger partial charge in [-0.25, -0.2) is 4.68 Å². The van der Waals surface area contributed by atoms with Crippen LogP contribution in [-0.2, 0) is 6.42 Å². The van der Waals surface area contributed by atoms with Crippen LogP contribution < -0.4 is 15.8 Å². The van der Waals surface area contributed by atoms with Crippen molar-refractivity contribution in [3.8, 4) is 5.69 Å². The number of aromatic nitrogens is 4. The molecule has 4 aromatic rings. The fourth-order valence-electron chi connectivity index (χ4n) is 3.49.